The molecule has 2 aromatic carbocycles. The van der Waals surface area contributed by atoms with E-state index in [1.165, 1.54) is 0 Å². The first-order valence-corrected chi connectivity index (χ1v) is 7.54. The molecule has 2 rings (SSSR count). The second-order valence-electron chi connectivity index (χ2n) is 5.37. The van der Waals surface area contributed by atoms with Gasteiger partial charge in [0.15, 0.2) is 0 Å². The molecule has 0 spiro atoms. The molecule has 22 heavy (non-hydrogen) atoms. The van der Waals surface area contributed by atoms with Crippen molar-refractivity contribution >= 4 is 5.78 Å². The molecule has 0 aliphatic carbocycles. The van der Waals surface area contributed by atoms with Crippen molar-refractivity contribution in [3.8, 4) is 0 Å². The van der Waals surface area contributed by atoms with E-state index in [9.17, 15) is 4.79 Å². The third-order valence-corrected chi connectivity index (χ3v) is 3.71. The van der Waals surface area contributed by atoms with Gasteiger partial charge < -0.3 is 4.74 Å². The SMILES string of the molecule is C=CC[C@@H](C(C)=O)[C@H](OCc1ccccc1)c1ccccc1. The minimum atomic E-state index is -0.253. The second kappa shape index (κ2) is 8.30. The molecule has 2 atom stereocenters. The van der Waals surface area contributed by atoms with Crippen LogP contribution in [-0.4, -0.2) is 5.78 Å². The van der Waals surface area contributed by atoms with Gasteiger partial charge in [-0.25, -0.2) is 0 Å². The van der Waals surface area contributed by atoms with Crippen LogP contribution in [0, 0.1) is 5.92 Å². The summed E-state index contributed by atoms with van der Waals surface area (Å²) in [6, 6.07) is 19.9. The fourth-order valence-electron chi connectivity index (χ4n) is 2.53. The number of allylic oxidation sites excluding steroid dienone is 1. The number of hydrogen-bond donors (Lipinski definition) is 0. The first-order chi connectivity index (χ1) is 10.7. The Morgan fingerprint density at radius 1 is 1.09 bits per heavy atom. The predicted molar refractivity (Wildman–Crippen MR) is 89.4 cm³/mol. The van der Waals surface area contributed by atoms with Crippen LogP contribution in [-0.2, 0) is 16.1 Å². The second-order valence-corrected chi connectivity index (χ2v) is 5.37. The first kappa shape index (κ1) is 16.2. The van der Waals surface area contributed by atoms with Crippen molar-refractivity contribution in [3.05, 3.63) is 84.4 Å². The Morgan fingerprint density at radius 2 is 1.68 bits per heavy atom. The lowest BCUT2D eigenvalue weighted by Crippen LogP contribution is -2.22. The summed E-state index contributed by atoms with van der Waals surface area (Å²) in [6.07, 6.45) is 2.15. The van der Waals surface area contributed by atoms with Crippen LogP contribution in [0.4, 0.5) is 0 Å². The highest BCUT2D eigenvalue weighted by Crippen LogP contribution is 2.30. The van der Waals surface area contributed by atoms with E-state index in [4.69, 9.17) is 4.74 Å². The van der Waals surface area contributed by atoms with E-state index in [-0.39, 0.29) is 17.8 Å². The number of ketones is 1. The lowest BCUT2D eigenvalue weighted by atomic mass is 9.89. The van der Waals surface area contributed by atoms with E-state index in [1.807, 2.05) is 60.7 Å². The monoisotopic (exact) mass is 294 g/mol. The van der Waals surface area contributed by atoms with Crippen molar-refractivity contribution < 1.29 is 9.53 Å². The average Bonchev–Trinajstić information content (AvgIpc) is 2.56. The summed E-state index contributed by atoms with van der Waals surface area (Å²) in [5, 5.41) is 0. The van der Waals surface area contributed by atoms with Gasteiger partial charge in [-0.15, -0.1) is 6.58 Å². The quantitative estimate of drug-likeness (QED) is 0.658. The zero-order chi connectivity index (χ0) is 15.8. The fourth-order valence-corrected chi connectivity index (χ4v) is 2.53. The van der Waals surface area contributed by atoms with Crippen molar-refractivity contribution in [1.82, 2.24) is 0 Å². The molecule has 0 saturated carbocycles. The Bertz CT molecular complexity index is 590. The number of hydrogen-bond acceptors (Lipinski definition) is 2. The molecule has 114 valence electrons. The molecular formula is C20H22O2. The molecule has 0 saturated heterocycles. The van der Waals surface area contributed by atoms with E-state index < -0.39 is 0 Å². The average molecular weight is 294 g/mol. The topological polar surface area (TPSA) is 26.3 Å². The maximum Gasteiger partial charge on any atom is 0.136 e. The third-order valence-electron chi connectivity index (χ3n) is 3.71. The molecule has 0 aliphatic heterocycles. The highest BCUT2D eigenvalue weighted by molar-refractivity contribution is 5.79. The Labute approximate surface area is 132 Å². The summed E-state index contributed by atoms with van der Waals surface area (Å²) in [6.45, 7) is 5.88. The van der Waals surface area contributed by atoms with Crippen LogP contribution in [0.2, 0.25) is 0 Å². The van der Waals surface area contributed by atoms with E-state index in [2.05, 4.69) is 6.58 Å². The van der Waals surface area contributed by atoms with Gasteiger partial charge in [0.05, 0.1) is 18.6 Å². The van der Waals surface area contributed by atoms with E-state index in [0.29, 0.717) is 13.0 Å². The van der Waals surface area contributed by atoms with Gasteiger partial charge in [-0.2, -0.15) is 0 Å². The van der Waals surface area contributed by atoms with Crippen molar-refractivity contribution in [3.63, 3.8) is 0 Å². The Balaban J connectivity index is 2.21. The summed E-state index contributed by atoms with van der Waals surface area (Å²) in [5.41, 5.74) is 2.13. The van der Waals surface area contributed by atoms with Gasteiger partial charge in [0.2, 0.25) is 0 Å². The third kappa shape index (κ3) is 4.40. The Kier molecular flexibility index (Phi) is 6.11. The highest BCUT2D eigenvalue weighted by Gasteiger charge is 2.26. The lowest BCUT2D eigenvalue weighted by molar-refractivity contribution is -0.126. The fraction of sp³-hybridized carbons (Fsp3) is 0.250. The minimum Gasteiger partial charge on any atom is -0.368 e. The van der Waals surface area contributed by atoms with Crippen molar-refractivity contribution in [2.45, 2.75) is 26.1 Å². The van der Waals surface area contributed by atoms with E-state index >= 15 is 0 Å². The van der Waals surface area contributed by atoms with Crippen LogP contribution >= 0.6 is 0 Å². The zero-order valence-corrected chi connectivity index (χ0v) is 12.9. The molecule has 0 fully saturated rings. The van der Waals surface area contributed by atoms with Crippen LogP contribution in [0.15, 0.2) is 73.3 Å². The van der Waals surface area contributed by atoms with Crippen LogP contribution < -0.4 is 0 Å². The number of benzene rings is 2. The van der Waals surface area contributed by atoms with Crippen molar-refractivity contribution in [1.29, 1.82) is 0 Å². The summed E-state index contributed by atoms with van der Waals surface area (Å²) >= 11 is 0. The van der Waals surface area contributed by atoms with Crippen molar-refractivity contribution in [2.24, 2.45) is 5.92 Å². The van der Waals surface area contributed by atoms with Crippen LogP contribution in [0.25, 0.3) is 0 Å². The number of Topliss-reactive ketones (excluding diaryl/α,β-unsaturated/α-hetero) is 1. The van der Waals surface area contributed by atoms with Gasteiger partial charge in [-0.05, 0) is 24.5 Å². The maximum absolute atomic E-state index is 12.0. The van der Waals surface area contributed by atoms with E-state index in [0.717, 1.165) is 11.1 Å². The standard InChI is InChI=1S/C20H22O2/c1-3-10-19(16(2)21)20(18-13-8-5-9-14-18)22-15-17-11-6-4-7-12-17/h3-9,11-14,19-20H,1,10,15H2,2H3/t19-,20+/m0/s1. The summed E-state index contributed by atoms with van der Waals surface area (Å²) < 4.78 is 6.12. The van der Waals surface area contributed by atoms with Gasteiger partial charge in [-0.3, -0.25) is 4.79 Å². The summed E-state index contributed by atoms with van der Waals surface area (Å²) in [4.78, 5) is 12.0. The van der Waals surface area contributed by atoms with Crippen LogP contribution in [0.3, 0.4) is 0 Å². The molecule has 2 heteroatoms. The molecule has 0 heterocycles. The largest absolute Gasteiger partial charge is 0.368 e. The summed E-state index contributed by atoms with van der Waals surface area (Å²) in [5.74, 6) is -0.0783. The van der Waals surface area contributed by atoms with Gasteiger partial charge in [0.1, 0.15) is 5.78 Å². The smallest absolute Gasteiger partial charge is 0.136 e. The molecule has 2 aromatic rings. The predicted octanol–water partition coefficient (Wildman–Crippen LogP) is 4.73. The number of ether oxygens (including phenoxy) is 1. The zero-order valence-electron chi connectivity index (χ0n) is 12.9. The molecule has 0 unspecified atom stereocenters. The number of carbonyl (C=O) groups is 1. The summed E-state index contributed by atoms with van der Waals surface area (Å²) in [7, 11) is 0. The molecule has 0 aromatic heterocycles. The van der Waals surface area contributed by atoms with E-state index in [1.54, 1.807) is 13.0 Å². The number of rotatable bonds is 8. The van der Waals surface area contributed by atoms with Gasteiger partial charge >= 0.3 is 0 Å². The number of carbonyl (C=O) groups excluding carboxylic acids is 1. The molecule has 0 aliphatic rings. The molecule has 0 bridgehead atoms. The van der Waals surface area contributed by atoms with Crippen LogP contribution in [0.5, 0.6) is 0 Å². The minimum absolute atomic E-state index is 0.127. The maximum atomic E-state index is 12.0. The van der Waals surface area contributed by atoms with Gasteiger partial charge in [0.25, 0.3) is 0 Å². The molecule has 0 amide bonds. The molecule has 0 radical (unpaired) electrons. The molecule has 0 N–H and O–H groups in total. The van der Waals surface area contributed by atoms with Gasteiger partial charge in [0, 0.05) is 0 Å². The Hall–Kier alpha value is -2.19. The normalized spacial score (nSPS) is 13.3. The van der Waals surface area contributed by atoms with Crippen molar-refractivity contribution in [2.75, 3.05) is 0 Å². The first-order valence-electron chi connectivity index (χ1n) is 7.54. The van der Waals surface area contributed by atoms with Crippen LogP contribution in [0.1, 0.15) is 30.6 Å². The molecule has 2 nitrogen and oxygen atoms in total. The highest BCUT2D eigenvalue weighted by atomic mass is 16.5. The molecular weight excluding hydrogens is 272 g/mol. The lowest BCUT2D eigenvalue weighted by Gasteiger charge is -2.25. The Morgan fingerprint density at radius 3 is 2.23 bits per heavy atom. The van der Waals surface area contributed by atoms with Gasteiger partial charge in [-0.1, -0.05) is 66.7 Å².